The summed E-state index contributed by atoms with van der Waals surface area (Å²) in [5.41, 5.74) is 2.18. The van der Waals surface area contributed by atoms with Gasteiger partial charge in [0.25, 0.3) is 5.91 Å². The summed E-state index contributed by atoms with van der Waals surface area (Å²) in [5, 5.41) is 9.54. The van der Waals surface area contributed by atoms with Crippen molar-refractivity contribution in [2.24, 2.45) is 0 Å². The van der Waals surface area contributed by atoms with Crippen molar-refractivity contribution < 1.29 is 9.59 Å². The van der Waals surface area contributed by atoms with Crippen LogP contribution in [-0.2, 0) is 11.3 Å². The van der Waals surface area contributed by atoms with Crippen LogP contribution in [0, 0.1) is 0 Å². The Morgan fingerprint density at radius 3 is 2.52 bits per heavy atom. The molecule has 1 aromatic carbocycles. The number of H-pyrrole nitrogens is 1. The van der Waals surface area contributed by atoms with Gasteiger partial charge in [0.15, 0.2) is 5.69 Å². The molecule has 2 amide bonds. The average molecular weight is 407 g/mol. The maximum atomic E-state index is 12.4. The van der Waals surface area contributed by atoms with Gasteiger partial charge >= 0.3 is 0 Å². The van der Waals surface area contributed by atoms with Gasteiger partial charge in [-0.05, 0) is 34.3 Å². The van der Waals surface area contributed by atoms with Gasteiger partial charge in [0.2, 0.25) is 5.91 Å². The van der Waals surface area contributed by atoms with Gasteiger partial charge in [-0.25, -0.2) is 0 Å². The topological polar surface area (TPSA) is 78.1 Å². The fourth-order valence-electron chi connectivity index (χ4n) is 2.41. The molecule has 0 radical (unpaired) electrons. The monoisotopic (exact) mass is 406 g/mol. The predicted octanol–water partition coefficient (Wildman–Crippen LogP) is 3.07. The highest BCUT2D eigenvalue weighted by atomic mass is 79.9. The van der Waals surface area contributed by atoms with E-state index in [2.05, 4.69) is 31.4 Å². The second-order valence-corrected chi connectivity index (χ2v) is 6.82. The molecular formula is C18H23BrN4O2. The standard InChI is InChI=1S/C18H23BrN4O2/c1-4-23(11-13-8-6-5-7-9-13)14(24)10-20-18(25)17-15(19)16(12(2)3)21-22-17/h5-9,12H,4,10-11H2,1-3H3,(H,20,25)(H,21,22). The normalized spacial score (nSPS) is 10.8. The number of carbonyl (C=O) groups is 2. The summed E-state index contributed by atoms with van der Waals surface area (Å²) < 4.78 is 0.643. The number of likely N-dealkylation sites (N-methyl/N-ethyl adjacent to an activating group) is 1. The lowest BCUT2D eigenvalue weighted by molar-refractivity contribution is -0.130. The van der Waals surface area contributed by atoms with E-state index in [0.717, 1.165) is 11.3 Å². The van der Waals surface area contributed by atoms with Gasteiger partial charge in [-0.1, -0.05) is 44.2 Å². The van der Waals surface area contributed by atoms with Gasteiger partial charge in [-0.3, -0.25) is 14.7 Å². The minimum atomic E-state index is -0.376. The van der Waals surface area contributed by atoms with Crippen molar-refractivity contribution in [1.29, 1.82) is 0 Å². The van der Waals surface area contributed by atoms with Gasteiger partial charge in [0.1, 0.15) is 0 Å². The molecule has 134 valence electrons. The van der Waals surface area contributed by atoms with E-state index in [9.17, 15) is 9.59 Å². The zero-order chi connectivity index (χ0) is 18.4. The summed E-state index contributed by atoms with van der Waals surface area (Å²) in [5.74, 6) is -0.291. The lowest BCUT2D eigenvalue weighted by Gasteiger charge is -2.21. The largest absolute Gasteiger partial charge is 0.342 e. The maximum Gasteiger partial charge on any atom is 0.273 e. The van der Waals surface area contributed by atoms with E-state index in [1.54, 1.807) is 4.90 Å². The Balaban J connectivity index is 1.95. The molecule has 0 saturated carbocycles. The summed E-state index contributed by atoms with van der Waals surface area (Å²) in [4.78, 5) is 26.4. The third-order valence-electron chi connectivity index (χ3n) is 3.88. The molecule has 25 heavy (non-hydrogen) atoms. The van der Waals surface area contributed by atoms with Crippen LogP contribution in [0.3, 0.4) is 0 Å². The first-order valence-corrected chi connectivity index (χ1v) is 9.07. The Kier molecular flexibility index (Phi) is 6.75. The number of aromatic nitrogens is 2. The number of benzene rings is 1. The fourth-order valence-corrected chi connectivity index (χ4v) is 3.22. The van der Waals surface area contributed by atoms with Crippen molar-refractivity contribution in [2.45, 2.75) is 33.2 Å². The molecule has 1 aromatic heterocycles. The van der Waals surface area contributed by atoms with Crippen LogP contribution in [0.4, 0.5) is 0 Å². The van der Waals surface area contributed by atoms with Crippen molar-refractivity contribution >= 4 is 27.7 Å². The maximum absolute atomic E-state index is 12.4. The molecule has 0 atom stereocenters. The molecule has 2 aromatic rings. The molecule has 0 bridgehead atoms. The predicted molar refractivity (Wildman–Crippen MR) is 100 cm³/mol. The quantitative estimate of drug-likeness (QED) is 0.741. The van der Waals surface area contributed by atoms with Crippen LogP contribution >= 0.6 is 15.9 Å². The number of aromatic amines is 1. The number of nitrogens with zero attached hydrogens (tertiary/aromatic N) is 2. The molecule has 0 fully saturated rings. The van der Waals surface area contributed by atoms with E-state index in [4.69, 9.17) is 0 Å². The third-order valence-corrected chi connectivity index (χ3v) is 4.68. The summed E-state index contributed by atoms with van der Waals surface area (Å²) in [6, 6.07) is 9.77. The van der Waals surface area contributed by atoms with E-state index in [1.165, 1.54) is 0 Å². The smallest absolute Gasteiger partial charge is 0.273 e. The number of carbonyl (C=O) groups excluding carboxylic acids is 2. The second-order valence-electron chi connectivity index (χ2n) is 6.03. The number of hydrogen-bond acceptors (Lipinski definition) is 3. The Labute approximate surface area is 156 Å². The molecule has 2 rings (SSSR count). The zero-order valence-electron chi connectivity index (χ0n) is 14.7. The summed E-state index contributed by atoms with van der Waals surface area (Å²) in [6.07, 6.45) is 0. The van der Waals surface area contributed by atoms with Crippen molar-refractivity contribution in [2.75, 3.05) is 13.1 Å². The van der Waals surface area contributed by atoms with Gasteiger partial charge in [-0.15, -0.1) is 0 Å². The Morgan fingerprint density at radius 1 is 1.28 bits per heavy atom. The van der Waals surface area contributed by atoms with Gasteiger partial charge in [0, 0.05) is 13.1 Å². The van der Waals surface area contributed by atoms with E-state index < -0.39 is 0 Å². The van der Waals surface area contributed by atoms with Crippen molar-refractivity contribution in [3.63, 3.8) is 0 Å². The Hall–Kier alpha value is -2.15. The van der Waals surface area contributed by atoms with Crippen molar-refractivity contribution in [3.05, 3.63) is 51.8 Å². The highest BCUT2D eigenvalue weighted by Gasteiger charge is 2.20. The first kappa shape index (κ1) is 19.2. The van der Waals surface area contributed by atoms with Crippen LogP contribution in [-0.4, -0.2) is 40.0 Å². The zero-order valence-corrected chi connectivity index (χ0v) is 16.3. The molecule has 6 nitrogen and oxygen atoms in total. The molecule has 7 heteroatoms. The van der Waals surface area contributed by atoms with Crippen molar-refractivity contribution in [1.82, 2.24) is 20.4 Å². The molecule has 1 heterocycles. The van der Waals surface area contributed by atoms with Gasteiger partial charge < -0.3 is 10.2 Å². The lowest BCUT2D eigenvalue weighted by Crippen LogP contribution is -2.40. The SMILES string of the molecule is CCN(Cc1ccccc1)C(=O)CNC(=O)c1n[nH]c(C(C)C)c1Br. The summed E-state index contributed by atoms with van der Waals surface area (Å²) >= 11 is 3.40. The highest BCUT2D eigenvalue weighted by molar-refractivity contribution is 9.10. The molecule has 0 unspecified atom stereocenters. The van der Waals surface area contributed by atoms with Crippen LogP contribution in [0.15, 0.2) is 34.8 Å². The Bertz CT molecular complexity index is 728. The molecular weight excluding hydrogens is 384 g/mol. The molecule has 0 aliphatic carbocycles. The highest BCUT2D eigenvalue weighted by Crippen LogP contribution is 2.25. The molecule has 0 aliphatic heterocycles. The van der Waals surface area contributed by atoms with Crippen molar-refractivity contribution in [3.8, 4) is 0 Å². The molecule has 0 spiro atoms. The van der Waals surface area contributed by atoms with Gasteiger partial charge in [0.05, 0.1) is 16.7 Å². The average Bonchev–Trinajstić information content (AvgIpc) is 3.00. The molecule has 0 aliphatic rings. The number of amides is 2. The van der Waals surface area contributed by atoms with E-state index in [-0.39, 0.29) is 30.0 Å². The van der Waals surface area contributed by atoms with Crippen LogP contribution in [0.2, 0.25) is 0 Å². The van der Waals surface area contributed by atoms with E-state index in [0.29, 0.717) is 17.6 Å². The van der Waals surface area contributed by atoms with Crippen LogP contribution in [0.25, 0.3) is 0 Å². The third kappa shape index (κ3) is 4.92. The summed E-state index contributed by atoms with van der Waals surface area (Å²) in [7, 11) is 0. The minimum absolute atomic E-state index is 0.0597. The minimum Gasteiger partial charge on any atom is -0.342 e. The number of hydrogen-bond donors (Lipinski definition) is 2. The molecule has 2 N–H and O–H groups in total. The summed E-state index contributed by atoms with van der Waals surface area (Å²) in [6.45, 7) is 6.97. The number of rotatable bonds is 7. The Morgan fingerprint density at radius 2 is 1.96 bits per heavy atom. The van der Waals surface area contributed by atoms with Gasteiger partial charge in [-0.2, -0.15) is 5.10 Å². The van der Waals surface area contributed by atoms with Crippen LogP contribution in [0.1, 0.15) is 48.4 Å². The van der Waals surface area contributed by atoms with Crippen LogP contribution in [0.5, 0.6) is 0 Å². The second kappa shape index (κ2) is 8.80. The number of halogens is 1. The first-order valence-electron chi connectivity index (χ1n) is 8.27. The fraction of sp³-hybridized carbons (Fsp3) is 0.389. The lowest BCUT2D eigenvalue weighted by atomic mass is 10.1. The van der Waals surface area contributed by atoms with Crippen LogP contribution < -0.4 is 5.32 Å². The number of nitrogens with one attached hydrogen (secondary N) is 2. The van der Waals surface area contributed by atoms with E-state index >= 15 is 0 Å². The molecule has 0 saturated heterocycles. The van der Waals surface area contributed by atoms with E-state index in [1.807, 2.05) is 51.1 Å². The first-order chi connectivity index (χ1) is 11.9.